The molecule has 0 aliphatic heterocycles. The van der Waals surface area contributed by atoms with Gasteiger partial charge in [0, 0.05) is 17.9 Å². The third kappa shape index (κ3) is 4.14. The van der Waals surface area contributed by atoms with Gasteiger partial charge in [0.05, 0.1) is 22.9 Å². The SMILES string of the molecule is Cc1cc(Nc2nccc(-c3sc(NC(C)CO)nc3C)n2)ccc1F. The zero-order chi connectivity index (χ0) is 18.7. The first-order valence-electron chi connectivity index (χ1n) is 8.17. The van der Waals surface area contributed by atoms with E-state index in [4.69, 9.17) is 5.11 Å². The van der Waals surface area contributed by atoms with Crippen LogP contribution in [0, 0.1) is 19.7 Å². The summed E-state index contributed by atoms with van der Waals surface area (Å²) >= 11 is 1.47. The normalized spacial score (nSPS) is 12.0. The molecule has 0 saturated heterocycles. The Morgan fingerprint density at radius 1 is 1.23 bits per heavy atom. The molecule has 0 radical (unpaired) electrons. The fraction of sp³-hybridized carbons (Fsp3) is 0.278. The molecule has 1 aromatic carbocycles. The lowest BCUT2D eigenvalue weighted by Gasteiger charge is -2.08. The van der Waals surface area contributed by atoms with Crippen molar-refractivity contribution >= 4 is 28.1 Å². The topological polar surface area (TPSA) is 83.0 Å². The molecule has 0 aliphatic carbocycles. The lowest BCUT2D eigenvalue weighted by molar-refractivity contribution is 0.281. The zero-order valence-electron chi connectivity index (χ0n) is 14.7. The van der Waals surface area contributed by atoms with Gasteiger partial charge in [-0.25, -0.2) is 19.3 Å². The van der Waals surface area contributed by atoms with E-state index in [1.807, 2.05) is 19.9 Å². The van der Waals surface area contributed by atoms with Gasteiger partial charge in [-0.15, -0.1) is 0 Å². The minimum atomic E-state index is -0.248. The van der Waals surface area contributed by atoms with E-state index in [-0.39, 0.29) is 18.5 Å². The highest BCUT2D eigenvalue weighted by Gasteiger charge is 2.13. The van der Waals surface area contributed by atoms with Crippen molar-refractivity contribution in [2.45, 2.75) is 26.8 Å². The van der Waals surface area contributed by atoms with E-state index in [0.717, 1.165) is 27.1 Å². The number of hydrogen-bond donors (Lipinski definition) is 3. The summed E-state index contributed by atoms with van der Waals surface area (Å²) in [5.74, 6) is 0.183. The highest BCUT2D eigenvalue weighted by atomic mass is 32.1. The van der Waals surface area contributed by atoms with Crippen molar-refractivity contribution in [2.75, 3.05) is 17.2 Å². The molecule has 1 atom stereocenters. The summed E-state index contributed by atoms with van der Waals surface area (Å²) in [4.78, 5) is 14.2. The Bertz CT molecular complexity index is 914. The van der Waals surface area contributed by atoms with Gasteiger partial charge in [-0.05, 0) is 50.6 Å². The van der Waals surface area contributed by atoms with Gasteiger partial charge in [-0.3, -0.25) is 0 Å². The Labute approximate surface area is 155 Å². The predicted molar refractivity (Wildman–Crippen MR) is 102 cm³/mol. The molecule has 2 aromatic heterocycles. The molecule has 6 nitrogen and oxygen atoms in total. The molecule has 2 heterocycles. The van der Waals surface area contributed by atoms with Crippen LogP contribution in [0.25, 0.3) is 10.6 Å². The Hall–Kier alpha value is -2.58. The first-order valence-corrected chi connectivity index (χ1v) is 8.99. The number of rotatable bonds is 6. The molecule has 8 heteroatoms. The van der Waals surface area contributed by atoms with Crippen LogP contribution in [0.15, 0.2) is 30.5 Å². The van der Waals surface area contributed by atoms with E-state index < -0.39 is 0 Å². The van der Waals surface area contributed by atoms with E-state index in [1.165, 1.54) is 17.4 Å². The summed E-state index contributed by atoms with van der Waals surface area (Å²) in [6, 6.07) is 6.52. The van der Waals surface area contributed by atoms with Crippen LogP contribution < -0.4 is 10.6 Å². The number of aliphatic hydroxyl groups is 1. The van der Waals surface area contributed by atoms with Gasteiger partial charge < -0.3 is 15.7 Å². The van der Waals surface area contributed by atoms with Crippen LogP contribution in [-0.2, 0) is 0 Å². The van der Waals surface area contributed by atoms with E-state index in [9.17, 15) is 4.39 Å². The Morgan fingerprint density at radius 2 is 2.04 bits per heavy atom. The quantitative estimate of drug-likeness (QED) is 0.608. The number of halogens is 1. The highest BCUT2D eigenvalue weighted by molar-refractivity contribution is 7.19. The molecular weight excluding hydrogens is 353 g/mol. The lowest BCUT2D eigenvalue weighted by atomic mass is 10.2. The van der Waals surface area contributed by atoms with Gasteiger partial charge in [0.25, 0.3) is 0 Å². The number of benzene rings is 1. The third-order valence-electron chi connectivity index (χ3n) is 3.74. The first kappa shape index (κ1) is 18.2. The molecular formula is C18H20FN5OS. The van der Waals surface area contributed by atoms with Crippen molar-refractivity contribution in [3.63, 3.8) is 0 Å². The van der Waals surface area contributed by atoms with Gasteiger partial charge in [-0.1, -0.05) is 11.3 Å². The molecule has 3 rings (SSSR count). The largest absolute Gasteiger partial charge is 0.394 e. The summed E-state index contributed by atoms with van der Waals surface area (Å²) in [5, 5.41) is 16.1. The number of hydrogen-bond acceptors (Lipinski definition) is 7. The second kappa shape index (κ2) is 7.76. The fourth-order valence-electron chi connectivity index (χ4n) is 2.35. The standard InChI is InChI=1S/C18H20FN5OS/c1-10-8-13(4-5-14(10)19)23-17-20-7-6-15(24-17)16-12(3)22-18(26-16)21-11(2)9-25/h4-8,11,25H,9H2,1-3H3,(H,21,22)(H,20,23,24). The maximum Gasteiger partial charge on any atom is 0.227 e. The fourth-order valence-corrected chi connectivity index (χ4v) is 3.40. The molecule has 1 unspecified atom stereocenters. The van der Waals surface area contributed by atoms with Gasteiger partial charge in [-0.2, -0.15) is 0 Å². The van der Waals surface area contributed by atoms with E-state index >= 15 is 0 Å². The average molecular weight is 373 g/mol. The van der Waals surface area contributed by atoms with Gasteiger partial charge in [0.1, 0.15) is 5.82 Å². The van der Waals surface area contributed by atoms with Crippen molar-refractivity contribution < 1.29 is 9.50 Å². The van der Waals surface area contributed by atoms with Crippen LogP contribution in [0.3, 0.4) is 0 Å². The summed E-state index contributed by atoms with van der Waals surface area (Å²) in [5.41, 5.74) is 2.88. The highest BCUT2D eigenvalue weighted by Crippen LogP contribution is 2.32. The third-order valence-corrected chi connectivity index (χ3v) is 4.85. The maximum absolute atomic E-state index is 13.4. The molecule has 0 spiro atoms. The summed E-state index contributed by atoms with van der Waals surface area (Å²) in [6.07, 6.45) is 1.67. The molecule has 0 amide bonds. The van der Waals surface area contributed by atoms with E-state index in [0.29, 0.717) is 11.5 Å². The van der Waals surface area contributed by atoms with Crippen LogP contribution in [0.5, 0.6) is 0 Å². The molecule has 136 valence electrons. The van der Waals surface area contributed by atoms with E-state index in [2.05, 4.69) is 25.6 Å². The van der Waals surface area contributed by atoms with Gasteiger partial charge in [0.2, 0.25) is 5.95 Å². The van der Waals surface area contributed by atoms with Crippen molar-refractivity contribution in [1.29, 1.82) is 0 Å². The van der Waals surface area contributed by atoms with Crippen LogP contribution >= 0.6 is 11.3 Å². The Balaban J connectivity index is 1.84. The smallest absolute Gasteiger partial charge is 0.227 e. The number of anilines is 3. The number of aromatic nitrogens is 3. The number of nitrogens with one attached hydrogen (secondary N) is 2. The number of nitrogens with zero attached hydrogens (tertiary/aromatic N) is 3. The first-order chi connectivity index (χ1) is 12.5. The van der Waals surface area contributed by atoms with E-state index in [1.54, 1.807) is 25.3 Å². The Morgan fingerprint density at radius 3 is 2.77 bits per heavy atom. The minimum absolute atomic E-state index is 0.0343. The van der Waals surface area contributed by atoms with Crippen molar-refractivity contribution in [2.24, 2.45) is 0 Å². The Kier molecular flexibility index (Phi) is 5.43. The lowest BCUT2D eigenvalue weighted by Crippen LogP contribution is -2.18. The van der Waals surface area contributed by atoms with Crippen LogP contribution in [0.4, 0.5) is 21.2 Å². The second-order valence-electron chi connectivity index (χ2n) is 6.02. The number of thiazole rings is 1. The minimum Gasteiger partial charge on any atom is -0.394 e. The van der Waals surface area contributed by atoms with Gasteiger partial charge >= 0.3 is 0 Å². The molecule has 0 aliphatic rings. The zero-order valence-corrected chi connectivity index (χ0v) is 15.6. The summed E-state index contributed by atoms with van der Waals surface area (Å²) in [6.45, 7) is 5.54. The molecule has 3 N–H and O–H groups in total. The van der Waals surface area contributed by atoms with Crippen LogP contribution in [0.2, 0.25) is 0 Å². The number of aryl methyl sites for hydroxylation is 2. The molecule has 3 aromatic rings. The van der Waals surface area contributed by atoms with Crippen molar-refractivity contribution in [3.8, 4) is 10.6 Å². The second-order valence-corrected chi connectivity index (χ2v) is 7.02. The van der Waals surface area contributed by atoms with Gasteiger partial charge in [0.15, 0.2) is 5.13 Å². The average Bonchev–Trinajstić information content (AvgIpc) is 2.98. The van der Waals surface area contributed by atoms with Crippen molar-refractivity contribution in [1.82, 2.24) is 15.0 Å². The molecule has 0 bridgehead atoms. The maximum atomic E-state index is 13.4. The van der Waals surface area contributed by atoms with Crippen molar-refractivity contribution in [3.05, 3.63) is 47.5 Å². The van der Waals surface area contributed by atoms with Crippen LogP contribution in [0.1, 0.15) is 18.2 Å². The number of aliphatic hydroxyl groups excluding tert-OH is 1. The molecule has 26 heavy (non-hydrogen) atoms. The summed E-state index contributed by atoms with van der Waals surface area (Å²) in [7, 11) is 0. The summed E-state index contributed by atoms with van der Waals surface area (Å²) < 4.78 is 13.4. The molecule has 0 saturated carbocycles. The van der Waals surface area contributed by atoms with Crippen LogP contribution in [-0.4, -0.2) is 32.7 Å². The molecule has 0 fully saturated rings. The predicted octanol–water partition coefficient (Wildman–Crippen LogP) is 3.89. The monoisotopic (exact) mass is 373 g/mol.